The van der Waals surface area contributed by atoms with Gasteiger partial charge in [0.2, 0.25) is 0 Å². The highest BCUT2D eigenvalue weighted by molar-refractivity contribution is 5.69. The third-order valence-corrected chi connectivity index (χ3v) is 4.39. The molecule has 0 N–H and O–H groups in total. The zero-order valence-electron chi connectivity index (χ0n) is 12.3. The number of carbonyl (C=O) groups excluding carboxylic acids is 1. The Morgan fingerprint density at radius 3 is 2.37 bits per heavy atom. The Kier molecular flexibility index (Phi) is 2.84. The minimum Gasteiger partial charge on any atom is -0.444 e. The largest absolute Gasteiger partial charge is 0.444 e. The van der Waals surface area contributed by atoms with Crippen molar-refractivity contribution >= 4 is 6.09 Å². The molecule has 3 aliphatic heterocycles. The molecule has 19 heavy (non-hydrogen) atoms. The van der Waals surface area contributed by atoms with Crippen LogP contribution in [0.5, 0.6) is 0 Å². The van der Waals surface area contributed by atoms with E-state index in [0.29, 0.717) is 12.1 Å². The van der Waals surface area contributed by atoms with E-state index in [1.54, 1.807) is 0 Å². The number of piperazine rings is 1. The van der Waals surface area contributed by atoms with Crippen LogP contribution in [0.25, 0.3) is 0 Å². The Morgan fingerprint density at radius 2 is 1.95 bits per heavy atom. The monoisotopic (exact) mass is 268 g/mol. The Bertz CT molecular complexity index is 387. The van der Waals surface area contributed by atoms with E-state index < -0.39 is 5.60 Å². The van der Waals surface area contributed by atoms with Crippen molar-refractivity contribution < 1.29 is 14.3 Å². The lowest BCUT2D eigenvalue weighted by atomic mass is 9.96. The molecule has 3 heterocycles. The molecule has 2 bridgehead atoms. The van der Waals surface area contributed by atoms with Crippen LogP contribution in [0.3, 0.4) is 0 Å². The van der Waals surface area contributed by atoms with Crippen molar-refractivity contribution in [1.82, 2.24) is 9.80 Å². The number of nitrogens with zero attached hydrogens (tertiary/aromatic N) is 2. The number of amides is 1. The van der Waals surface area contributed by atoms with Gasteiger partial charge in [0.25, 0.3) is 0 Å². The standard InChI is InChI=1S/C14H24N2O3/c1-13(2,3)19-12(17)15-6-11-5-10(15)7-16(11)14(4)8-18-9-14/h10-11H,5-9H2,1-4H3. The zero-order chi connectivity index (χ0) is 13.8. The van der Waals surface area contributed by atoms with Gasteiger partial charge in [-0.3, -0.25) is 4.90 Å². The van der Waals surface area contributed by atoms with E-state index in [0.717, 1.165) is 32.7 Å². The first kappa shape index (κ1) is 13.2. The molecule has 3 fully saturated rings. The van der Waals surface area contributed by atoms with Gasteiger partial charge in [0.15, 0.2) is 0 Å². The van der Waals surface area contributed by atoms with Crippen LogP contribution in [-0.2, 0) is 9.47 Å². The quantitative estimate of drug-likeness (QED) is 0.722. The highest BCUT2D eigenvalue weighted by atomic mass is 16.6. The third-order valence-electron chi connectivity index (χ3n) is 4.39. The van der Waals surface area contributed by atoms with Crippen LogP contribution in [0, 0.1) is 0 Å². The van der Waals surface area contributed by atoms with Crippen molar-refractivity contribution in [2.75, 3.05) is 26.3 Å². The summed E-state index contributed by atoms with van der Waals surface area (Å²) < 4.78 is 10.8. The van der Waals surface area contributed by atoms with Crippen molar-refractivity contribution in [2.45, 2.75) is 57.3 Å². The van der Waals surface area contributed by atoms with Crippen LogP contribution in [0.2, 0.25) is 0 Å². The summed E-state index contributed by atoms with van der Waals surface area (Å²) >= 11 is 0. The summed E-state index contributed by atoms with van der Waals surface area (Å²) in [5, 5.41) is 0. The molecule has 0 aromatic heterocycles. The van der Waals surface area contributed by atoms with Crippen LogP contribution in [0.15, 0.2) is 0 Å². The lowest BCUT2D eigenvalue weighted by Gasteiger charge is -2.50. The Balaban J connectivity index is 1.62. The van der Waals surface area contributed by atoms with E-state index in [2.05, 4.69) is 11.8 Å². The van der Waals surface area contributed by atoms with Crippen LogP contribution in [0.1, 0.15) is 34.1 Å². The Labute approximate surface area is 114 Å². The molecule has 3 rings (SSSR count). The fourth-order valence-electron chi connectivity index (χ4n) is 3.44. The second-order valence-electron chi connectivity index (χ2n) is 7.32. The predicted octanol–water partition coefficient (Wildman–Crippen LogP) is 1.47. The number of rotatable bonds is 1. The molecule has 0 radical (unpaired) electrons. The minimum atomic E-state index is -0.410. The second-order valence-corrected chi connectivity index (χ2v) is 7.32. The molecule has 2 unspecified atom stereocenters. The first-order valence-corrected chi connectivity index (χ1v) is 7.13. The summed E-state index contributed by atoms with van der Waals surface area (Å²) in [5.74, 6) is 0. The van der Waals surface area contributed by atoms with Crippen LogP contribution in [0.4, 0.5) is 4.79 Å². The second kappa shape index (κ2) is 4.09. The molecule has 0 spiro atoms. The minimum absolute atomic E-state index is 0.158. The summed E-state index contributed by atoms with van der Waals surface area (Å²) in [6.45, 7) is 11.4. The van der Waals surface area contributed by atoms with Gasteiger partial charge in [-0.25, -0.2) is 4.79 Å². The van der Waals surface area contributed by atoms with Crippen molar-refractivity contribution in [3.05, 3.63) is 0 Å². The zero-order valence-corrected chi connectivity index (χ0v) is 12.3. The molecule has 1 amide bonds. The van der Waals surface area contributed by atoms with Gasteiger partial charge in [-0.2, -0.15) is 0 Å². The van der Waals surface area contributed by atoms with Gasteiger partial charge in [0, 0.05) is 25.2 Å². The third kappa shape index (κ3) is 2.23. The Morgan fingerprint density at radius 1 is 1.26 bits per heavy atom. The van der Waals surface area contributed by atoms with Crippen molar-refractivity contribution in [1.29, 1.82) is 0 Å². The number of hydrogen-bond acceptors (Lipinski definition) is 4. The molecule has 0 saturated carbocycles. The number of ether oxygens (including phenoxy) is 2. The van der Waals surface area contributed by atoms with Gasteiger partial charge in [-0.05, 0) is 34.1 Å². The summed E-state index contributed by atoms with van der Waals surface area (Å²) in [7, 11) is 0. The van der Waals surface area contributed by atoms with Crippen molar-refractivity contribution in [2.24, 2.45) is 0 Å². The molecule has 0 aromatic rings. The number of fused-ring (bicyclic) bond motifs is 2. The summed E-state index contributed by atoms with van der Waals surface area (Å²) in [5.41, 5.74) is -0.216. The number of likely N-dealkylation sites (tertiary alicyclic amines) is 2. The van der Waals surface area contributed by atoms with E-state index in [-0.39, 0.29) is 11.6 Å². The maximum absolute atomic E-state index is 12.2. The highest BCUT2D eigenvalue weighted by Crippen LogP contribution is 2.39. The molecule has 3 saturated heterocycles. The van der Waals surface area contributed by atoms with Gasteiger partial charge in [0.1, 0.15) is 5.60 Å². The fourth-order valence-corrected chi connectivity index (χ4v) is 3.44. The maximum Gasteiger partial charge on any atom is 0.410 e. The summed E-state index contributed by atoms with van der Waals surface area (Å²) in [4.78, 5) is 16.6. The normalized spacial score (nSPS) is 33.4. The molecule has 3 aliphatic rings. The summed E-state index contributed by atoms with van der Waals surface area (Å²) in [6, 6.07) is 0.795. The van der Waals surface area contributed by atoms with Gasteiger partial charge in [0.05, 0.1) is 18.8 Å². The molecule has 5 heteroatoms. The van der Waals surface area contributed by atoms with Crippen LogP contribution < -0.4 is 0 Å². The first-order valence-electron chi connectivity index (χ1n) is 7.13. The van der Waals surface area contributed by atoms with E-state index in [1.165, 1.54) is 0 Å². The number of hydrogen-bond donors (Lipinski definition) is 0. The average Bonchev–Trinajstić information content (AvgIpc) is 2.82. The average molecular weight is 268 g/mol. The molecule has 0 aliphatic carbocycles. The van der Waals surface area contributed by atoms with E-state index in [4.69, 9.17) is 9.47 Å². The van der Waals surface area contributed by atoms with E-state index in [9.17, 15) is 4.79 Å². The Hall–Kier alpha value is -0.810. The highest BCUT2D eigenvalue weighted by Gasteiger charge is 2.53. The molecule has 108 valence electrons. The first-order chi connectivity index (χ1) is 8.78. The SMILES string of the molecule is CC(C)(C)OC(=O)N1CC2CC1CN2C1(C)COC1. The fraction of sp³-hybridized carbons (Fsp3) is 0.929. The summed E-state index contributed by atoms with van der Waals surface area (Å²) in [6.07, 6.45) is 0.920. The molecule has 0 aromatic carbocycles. The smallest absolute Gasteiger partial charge is 0.410 e. The molecule has 5 nitrogen and oxygen atoms in total. The molecule has 2 atom stereocenters. The van der Waals surface area contributed by atoms with Gasteiger partial charge >= 0.3 is 6.09 Å². The van der Waals surface area contributed by atoms with Crippen LogP contribution in [-0.4, -0.2) is 65.4 Å². The van der Waals surface area contributed by atoms with Crippen molar-refractivity contribution in [3.63, 3.8) is 0 Å². The van der Waals surface area contributed by atoms with Crippen molar-refractivity contribution in [3.8, 4) is 0 Å². The number of carbonyl (C=O) groups is 1. The lowest BCUT2D eigenvalue weighted by Crippen LogP contribution is -2.65. The van der Waals surface area contributed by atoms with Gasteiger partial charge in [-0.1, -0.05) is 0 Å². The predicted molar refractivity (Wildman–Crippen MR) is 71.1 cm³/mol. The van der Waals surface area contributed by atoms with Gasteiger partial charge in [-0.15, -0.1) is 0 Å². The topological polar surface area (TPSA) is 42.0 Å². The van der Waals surface area contributed by atoms with Crippen LogP contribution >= 0.6 is 0 Å². The van der Waals surface area contributed by atoms with E-state index >= 15 is 0 Å². The molecular weight excluding hydrogens is 244 g/mol. The lowest BCUT2D eigenvalue weighted by molar-refractivity contribution is -0.142. The maximum atomic E-state index is 12.2. The van der Waals surface area contributed by atoms with E-state index in [1.807, 2.05) is 25.7 Å². The molecular formula is C14H24N2O3. The van der Waals surface area contributed by atoms with Gasteiger partial charge < -0.3 is 14.4 Å².